The maximum atomic E-state index is 11.0. The van der Waals surface area contributed by atoms with Crippen LogP contribution in [0.4, 0.5) is 11.5 Å². The SMILES string of the molecule is Cc1cnc(NC(C)CS(C)=O)cc1N. The van der Waals surface area contributed by atoms with Crippen LogP contribution in [0, 0.1) is 6.92 Å². The van der Waals surface area contributed by atoms with Crippen molar-refractivity contribution in [2.75, 3.05) is 23.1 Å². The molecule has 5 heteroatoms. The maximum absolute atomic E-state index is 11.0. The summed E-state index contributed by atoms with van der Waals surface area (Å²) in [6, 6.07) is 1.93. The fraction of sp³-hybridized carbons (Fsp3) is 0.500. The number of nitrogen functional groups attached to an aromatic ring is 1. The van der Waals surface area contributed by atoms with Gasteiger partial charge in [-0.05, 0) is 19.4 Å². The van der Waals surface area contributed by atoms with Gasteiger partial charge in [-0.25, -0.2) is 4.98 Å². The Bertz CT molecular complexity index is 368. The molecule has 1 aromatic rings. The van der Waals surface area contributed by atoms with Crippen LogP contribution >= 0.6 is 0 Å². The van der Waals surface area contributed by atoms with Gasteiger partial charge in [-0.2, -0.15) is 0 Å². The van der Waals surface area contributed by atoms with Gasteiger partial charge in [-0.1, -0.05) is 0 Å². The number of hydrogen-bond donors (Lipinski definition) is 2. The Kier molecular flexibility index (Phi) is 4.08. The molecule has 0 aliphatic rings. The van der Waals surface area contributed by atoms with E-state index in [2.05, 4.69) is 10.3 Å². The summed E-state index contributed by atoms with van der Waals surface area (Å²) < 4.78 is 11.0. The molecule has 2 atom stereocenters. The smallest absolute Gasteiger partial charge is 0.128 e. The highest BCUT2D eigenvalue weighted by molar-refractivity contribution is 7.84. The molecule has 0 saturated carbocycles. The van der Waals surface area contributed by atoms with Gasteiger partial charge >= 0.3 is 0 Å². The summed E-state index contributed by atoms with van der Waals surface area (Å²) >= 11 is 0. The standard InChI is InChI=1S/C10H17N3OS/c1-7-5-12-10(4-9(7)11)13-8(2)6-15(3)14/h4-5,8H,6H2,1-3H3,(H3,11,12,13). The predicted molar refractivity (Wildman–Crippen MR) is 65.4 cm³/mol. The van der Waals surface area contributed by atoms with Crippen molar-refractivity contribution in [3.05, 3.63) is 17.8 Å². The van der Waals surface area contributed by atoms with Gasteiger partial charge in [0.15, 0.2) is 0 Å². The molecule has 0 aliphatic heterocycles. The normalized spacial score (nSPS) is 14.6. The Balaban J connectivity index is 2.64. The molecule has 1 rings (SSSR count). The van der Waals surface area contributed by atoms with Crippen LogP contribution in [-0.4, -0.2) is 27.2 Å². The zero-order chi connectivity index (χ0) is 11.4. The fourth-order valence-corrected chi connectivity index (χ4v) is 2.05. The van der Waals surface area contributed by atoms with Crippen molar-refractivity contribution in [1.29, 1.82) is 0 Å². The van der Waals surface area contributed by atoms with Crippen LogP contribution in [0.1, 0.15) is 12.5 Å². The lowest BCUT2D eigenvalue weighted by Gasteiger charge is -2.13. The molecule has 2 unspecified atom stereocenters. The Morgan fingerprint density at radius 1 is 1.67 bits per heavy atom. The number of nitrogens with zero attached hydrogens (tertiary/aromatic N) is 1. The summed E-state index contributed by atoms with van der Waals surface area (Å²) in [5, 5.41) is 3.16. The van der Waals surface area contributed by atoms with E-state index in [1.54, 1.807) is 18.5 Å². The van der Waals surface area contributed by atoms with E-state index in [0.717, 1.165) is 17.1 Å². The van der Waals surface area contributed by atoms with E-state index >= 15 is 0 Å². The van der Waals surface area contributed by atoms with Gasteiger partial charge in [0, 0.05) is 46.8 Å². The molecule has 0 aromatic carbocycles. The van der Waals surface area contributed by atoms with E-state index in [1.807, 2.05) is 13.8 Å². The largest absolute Gasteiger partial charge is 0.398 e. The Labute approximate surface area is 92.7 Å². The van der Waals surface area contributed by atoms with Gasteiger partial charge in [-0.3, -0.25) is 4.21 Å². The second kappa shape index (κ2) is 5.11. The lowest BCUT2D eigenvalue weighted by atomic mass is 10.2. The Hall–Kier alpha value is -1.10. The molecule has 0 radical (unpaired) electrons. The van der Waals surface area contributed by atoms with Crippen molar-refractivity contribution in [2.45, 2.75) is 19.9 Å². The van der Waals surface area contributed by atoms with E-state index in [1.165, 1.54) is 0 Å². The number of aromatic nitrogens is 1. The highest BCUT2D eigenvalue weighted by Crippen LogP contribution is 2.14. The first kappa shape index (κ1) is 12.0. The summed E-state index contributed by atoms with van der Waals surface area (Å²) in [5.74, 6) is 1.34. The maximum Gasteiger partial charge on any atom is 0.128 e. The minimum Gasteiger partial charge on any atom is -0.398 e. The third kappa shape index (κ3) is 3.87. The molecule has 1 heterocycles. The lowest BCUT2D eigenvalue weighted by Crippen LogP contribution is -2.22. The minimum absolute atomic E-state index is 0.130. The molecule has 3 N–H and O–H groups in total. The van der Waals surface area contributed by atoms with E-state index < -0.39 is 10.8 Å². The van der Waals surface area contributed by atoms with Gasteiger partial charge in [0.1, 0.15) is 5.82 Å². The van der Waals surface area contributed by atoms with Gasteiger partial charge in [0.05, 0.1) is 0 Å². The number of anilines is 2. The predicted octanol–water partition coefficient (Wildman–Crippen LogP) is 1.15. The average molecular weight is 227 g/mol. The minimum atomic E-state index is -0.801. The quantitative estimate of drug-likeness (QED) is 0.809. The molecular formula is C10H17N3OS. The molecule has 0 amide bonds. The van der Waals surface area contributed by atoms with Crippen LogP contribution in [0.5, 0.6) is 0 Å². The first-order valence-electron chi connectivity index (χ1n) is 4.77. The second-order valence-corrected chi connectivity index (χ2v) is 5.19. The topological polar surface area (TPSA) is 68.0 Å². The van der Waals surface area contributed by atoms with Crippen LogP contribution in [0.25, 0.3) is 0 Å². The summed E-state index contributed by atoms with van der Waals surface area (Å²) in [6.45, 7) is 3.88. The van der Waals surface area contributed by atoms with Gasteiger partial charge in [0.25, 0.3) is 0 Å². The summed E-state index contributed by atoms with van der Waals surface area (Å²) in [7, 11) is -0.801. The van der Waals surface area contributed by atoms with Gasteiger partial charge < -0.3 is 11.1 Å². The third-order valence-corrected chi connectivity index (χ3v) is 2.99. The third-order valence-electron chi connectivity index (χ3n) is 2.02. The monoisotopic (exact) mass is 227 g/mol. The van der Waals surface area contributed by atoms with Crippen molar-refractivity contribution in [3.8, 4) is 0 Å². The zero-order valence-electron chi connectivity index (χ0n) is 9.28. The average Bonchev–Trinajstić information content (AvgIpc) is 2.10. The Morgan fingerprint density at radius 2 is 2.33 bits per heavy atom. The second-order valence-electron chi connectivity index (χ2n) is 3.71. The number of nitrogens with two attached hydrogens (primary N) is 1. The molecule has 0 aliphatic carbocycles. The van der Waals surface area contributed by atoms with Crippen molar-refractivity contribution in [2.24, 2.45) is 0 Å². The fourth-order valence-electron chi connectivity index (χ4n) is 1.26. The van der Waals surface area contributed by atoms with E-state index in [-0.39, 0.29) is 6.04 Å². The Morgan fingerprint density at radius 3 is 2.87 bits per heavy atom. The van der Waals surface area contributed by atoms with Crippen molar-refractivity contribution in [3.63, 3.8) is 0 Å². The number of aryl methyl sites for hydroxylation is 1. The number of rotatable bonds is 4. The number of hydrogen-bond acceptors (Lipinski definition) is 4. The highest BCUT2D eigenvalue weighted by atomic mass is 32.2. The van der Waals surface area contributed by atoms with Crippen molar-refractivity contribution >= 4 is 22.3 Å². The molecule has 15 heavy (non-hydrogen) atoms. The molecule has 84 valence electrons. The van der Waals surface area contributed by atoms with E-state index in [4.69, 9.17) is 5.73 Å². The molecule has 4 nitrogen and oxygen atoms in total. The molecule has 0 fully saturated rings. The van der Waals surface area contributed by atoms with Crippen LogP contribution < -0.4 is 11.1 Å². The first-order chi connectivity index (χ1) is 6.99. The van der Waals surface area contributed by atoms with E-state index in [0.29, 0.717) is 5.75 Å². The number of nitrogens with one attached hydrogen (secondary N) is 1. The zero-order valence-corrected chi connectivity index (χ0v) is 10.1. The summed E-state index contributed by atoms with van der Waals surface area (Å²) in [4.78, 5) is 4.20. The summed E-state index contributed by atoms with van der Waals surface area (Å²) in [6.07, 6.45) is 3.42. The first-order valence-corrected chi connectivity index (χ1v) is 6.50. The lowest BCUT2D eigenvalue weighted by molar-refractivity contribution is 0.683. The van der Waals surface area contributed by atoms with Crippen LogP contribution in [0.3, 0.4) is 0 Å². The van der Waals surface area contributed by atoms with Gasteiger partial charge in [0.2, 0.25) is 0 Å². The highest BCUT2D eigenvalue weighted by Gasteiger charge is 2.05. The van der Waals surface area contributed by atoms with Gasteiger partial charge in [-0.15, -0.1) is 0 Å². The molecule has 1 aromatic heterocycles. The molecule has 0 spiro atoms. The molecular weight excluding hydrogens is 210 g/mol. The molecule has 0 saturated heterocycles. The van der Waals surface area contributed by atoms with Crippen LogP contribution in [0.15, 0.2) is 12.3 Å². The molecule has 0 bridgehead atoms. The summed E-state index contributed by atoms with van der Waals surface area (Å²) in [5.41, 5.74) is 7.44. The number of pyridine rings is 1. The van der Waals surface area contributed by atoms with Crippen LogP contribution in [0.2, 0.25) is 0 Å². The van der Waals surface area contributed by atoms with Crippen LogP contribution in [-0.2, 0) is 10.8 Å². The van der Waals surface area contributed by atoms with Crippen molar-refractivity contribution < 1.29 is 4.21 Å². The van der Waals surface area contributed by atoms with Crippen molar-refractivity contribution in [1.82, 2.24) is 4.98 Å². The van der Waals surface area contributed by atoms with E-state index in [9.17, 15) is 4.21 Å².